The third-order valence-corrected chi connectivity index (χ3v) is 5.06. The van der Waals surface area contributed by atoms with Crippen molar-refractivity contribution >= 4 is 57.3 Å². The molecule has 5 heteroatoms. The lowest BCUT2D eigenvalue weighted by Gasteiger charge is -1.97. The van der Waals surface area contributed by atoms with Crippen LogP contribution >= 0.6 is 0 Å². The molecule has 0 aliphatic carbocycles. The highest BCUT2D eigenvalue weighted by Gasteiger charge is 2.15. The first kappa shape index (κ1) is 17.9. The molecule has 5 heterocycles. The van der Waals surface area contributed by atoms with Gasteiger partial charge in [-0.15, -0.1) is 0 Å². The molecule has 29 heavy (non-hydrogen) atoms. The lowest BCUT2D eigenvalue weighted by molar-refractivity contribution is 1.32. The minimum atomic E-state index is 0. The first-order valence-corrected chi connectivity index (χ1v) is 9.26. The molecule has 8 bridgehead atoms. The van der Waals surface area contributed by atoms with Crippen LogP contribution in [0.5, 0.6) is 0 Å². The second-order valence-corrected chi connectivity index (χ2v) is 7.04. The Morgan fingerprint density at radius 2 is 0.966 bits per heavy atom. The van der Waals surface area contributed by atoms with E-state index in [2.05, 4.69) is 87.7 Å². The molecule has 0 saturated heterocycles. The van der Waals surface area contributed by atoms with Gasteiger partial charge in [-0.05, 0) is 60.7 Å². The van der Waals surface area contributed by atoms with E-state index in [0.29, 0.717) is 0 Å². The van der Waals surface area contributed by atoms with Gasteiger partial charge in [0, 0.05) is 33.2 Å². The molecular formula is C24H18MgN4. The van der Waals surface area contributed by atoms with Crippen LogP contribution in [-0.4, -0.2) is 43.0 Å². The second kappa shape index (κ2) is 7.03. The number of nitrogens with zero attached hydrogens (tertiary/aromatic N) is 2. The van der Waals surface area contributed by atoms with E-state index < -0.39 is 0 Å². The van der Waals surface area contributed by atoms with Crippen molar-refractivity contribution in [3.63, 3.8) is 0 Å². The zero-order valence-corrected chi connectivity index (χ0v) is 15.0. The number of nitrogens with one attached hydrogen (secondary N) is 2. The molecule has 3 aromatic heterocycles. The summed E-state index contributed by atoms with van der Waals surface area (Å²) in [5.41, 5.74) is 10.2. The van der Waals surface area contributed by atoms with Crippen LogP contribution in [-0.2, 0) is 0 Å². The molecule has 136 valence electrons. The second-order valence-electron chi connectivity index (χ2n) is 7.04. The van der Waals surface area contributed by atoms with Gasteiger partial charge in [-0.3, -0.25) is 0 Å². The summed E-state index contributed by atoms with van der Waals surface area (Å²) in [4.78, 5) is 16.5. The van der Waals surface area contributed by atoms with Gasteiger partial charge >= 0.3 is 23.1 Å². The van der Waals surface area contributed by atoms with Gasteiger partial charge in [0.25, 0.3) is 0 Å². The Hall–Kier alpha value is -3.15. The fraction of sp³-hybridized carbons (Fsp3) is 0. The zero-order chi connectivity index (χ0) is 18.5. The predicted molar refractivity (Wildman–Crippen MR) is 123 cm³/mol. The summed E-state index contributed by atoms with van der Waals surface area (Å²) in [5.74, 6) is 0. The van der Waals surface area contributed by atoms with Crippen LogP contribution in [0.3, 0.4) is 0 Å². The monoisotopic (exact) mass is 386 g/mol. The van der Waals surface area contributed by atoms with E-state index in [1.807, 2.05) is 12.2 Å². The van der Waals surface area contributed by atoms with E-state index in [-0.39, 0.29) is 23.1 Å². The van der Waals surface area contributed by atoms with Crippen molar-refractivity contribution in [1.29, 1.82) is 0 Å². The normalized spacial score (nSPS) is 11.7. The molecule has 2 aliphatic heterocycles. The van der Waals surface area contributed by atoms with Gasteiger partial charge in [-0.1, -0.05) is 24.3 Å². The largest absolute Gasteiger partial charge is 0.355 e. The predicted octanol–water partition coefficient (Wildman–Crippen LogP) is 4.90. The Bertz CT molecular complexity index is 1320. The van der Waals surface area contributed by atoms with Crippen LogP contribution in [0.1, 0.15) is 11.4 Å². The molecule has 0 radical (unpaired) electrons. The van der Waals surface area contributed by atoms with Crippen LogP contribution in [0.15, 0.2) is 72.8 Å². The van der Waals surface area contributed by atoms with Gasteiger partial charge < -0.3 is 9.97 Å². The molecule has 0 fully saturated rings. The minimum absolute atomic E-state index is 0. The van der Waals surface area contributed by atoms with Crippen molar-refractivity contribution in [1.82, 2.24) is 19.9 Å². The lowest BCUT2D eigenvalue weighted by atomic mass is 10.1. The van der Waals surface area contributed by atoms with E-state index in [0.717, 1.165) is 56.0 Å². The van der Waals surface area contributed by atoms with Crippen molar-refractivity contribution < 1.29 is 0 Å². The molecule has 0 unspecified atom stereocenters. The van der Waals surface area contributed by atoms with Gasteiger partial charge in [-0.25, -0.2) is 9.97 Å². The van der Waals surface area contributed by atoms with Crippen LogP contribution in [0, 0.1) is 0 Å². The maximum absolute atomic E-state index is 4.91. The maximum atomic E-state index is 4.91. The Morgan fingerprint density at radius 1 is 0.517 bits per heavy atom. The van der Waals surface area contributed by atoms with Crippen molar-refractivity contribution in [3.05, 3.63) is 84.2 Å². The summed E-state index contributed by atoms with van der Waals surface area (Å²) in [6.07, 6.45) is 4.06. The average molecular weight is 387 g/mol. The van der Waals surface area contributed by atoms with Crippen molar-refractivity contribution in [2.45, 2.75) is 0 Å². The van der Waals surface area contributed by atoms with Gasteiger partial charge in [0.15, 0.2) is 0 Å². The van der Waals surface area contributed by atoms with E-state index in [4.69, 9.17) is 4.98 Å². The minimum Gasteiger partial charge on any atom is -0.355 e. The van der Waals surface area contributed by atoms with Gasteiger partial charge in [-0.2, -0.15) is 0 Å². The Balaban J connectivity index is 0.00000181. The van der Waals surface area contributed by atoms with E-state index in [1.54, 1.807) is 0 Å². The molecule has 2 N–H and O–H groups in total. The van der Waals surface area contributed by atoms with Gasteiger partial charge in [0.1, 0.15) is 0 Å². The summed E-state index contributed by atoms with van der Waals surface area (Å²) in [6.45, 7) is 0. The topological polar surface area (TPSA) is 57.4 Å². The molecule has 0 atom stereocenters. The smallest absolute Gasteiger partial charge is 0.316 e. The first-order chi connectivity index (χ1) is 13.8. The quantitative estimate of drug-likeness (QED) is 0.365. The van der Waals surface area contributed by atoms with Gasteiger partial charge in [0.05, 0.1) is 22.8 Å². The molecule has 0 spiro atoms. The summed E-state index contributed by atoms with van der Waals surface area (Å²) in [7, 11) is 0. The third kappa shape index (κ3) is 3.28. The number of hydrogen-bond acceptors (Lipinski definition) is 2. The zero-order valence-electron chi connectivity index (χ0n) is 15.0. The Morgan fingerprint density at radius 3 is 1.45 bits per heavy atom. The highest BCUT2D eigenvalue weighted by Crippen LogP contribution is 2.35. The number of hydrogen-bond donors (Lipinski definition) is 2. The third-order valence-electron chi connectivity index (χ3n) is 5.06. The number of aromatic nitrogens is 4. The molecule has 4 nitrogen and oxygen atoms in total. The van der Waals surface area contributed by atoms with Crippen LogP contribution < -0.4 is 0 Å². The van der Waals surface area contributed by atoms with Gasteiger partial charge in [0.2, 0.25) is 0 Å². The molecular weight excluding hydrogens is 369 g/mol. The van der Waals surface area contributed by atoms with Crippen molar-refractivity contribution in [3.8, 4) is 22.5 Å². The summed E-state index contributed by atoms with van der Waals surface area (Å²) >= 11 is 0. The van der Waals surface area contributed by atoms with E-state index in [1.165, 1.54) is 0 Å². The Labute approximate surface area is 183 Å². The number of H-pyrrole nitrogens is 2. The molecule has 2 aliphatic rings. The van der Waals surface area contributed by atoms with Crippen molar-refractivity contribution in [2.24, 2.45) is 0 Å². The molecule has 4 aromatic rings. The Kier molecular flexibility index (Phi) is 4.34. The highest BCUT2D eigenvalue weighted by atomic mass is 24.3. The standard InChI is InChI=1S/C24H16N4.Mg.2H/c1-2-4-22-21(3-1)23-13-19-9-7-17(26-19)11-15-5-6-16(25-15)12-18-8-10-20(27-18)14-24(22)28-23;;;/h1-14,26-27H;;;. The van der Waals surface area contributed by atoms with E-state index >= 15 is 0 Å². The number of benzene rings is 1. The van der Waals surface area contributed by atoms with Crippen molar-refractivity contribution in [2.75, 3.05) is 0 Å². The first-order valence-electron chi connectivity index (χ1n) is 9.26. The summed E-state index contributed by atoms with van der Waals surface area (Å²) in [5, 5.41) is 0. The van der Waals surface area contributed by atoms with E-state index in [9.17, 15) is 0 Å². The number of aromatic amines is 2. The fourth-order valence-electron chi connectivity index (χ4n) is 3.76. The molecule has 0 saturated carbocycles. The summed E-state index contributed by atoms with van der Waals surface area (Å²) < 4.78 is 0. The number of rotatable bonds is 0. The maximum Gasteiger partial charge on any atom is 0.316 e. The SMILES string of the molecule is C1=Cc2cc3ccc(cc4nc(cc5ccc(cc1n2)[nH]5)-c1ccccc1-4)[nH]3.[MgH2]. The number of fused-ring (bicyclic) bond motifs is 11. The lowest BCUT2D eigenvalue weighted by Crippen LogP contribution is -1.74. The molecule has 6 rings (SSSR count). The van der Waals surface area contributed by atoms with Crippen LogP contribution in [0.25, 0.3) is 56.7 Å². The van der Waals surface area contributed by atoms with Crippen LogP contribution in [0.2, 0.25) is 0 Å². The summed E-state index contributed by atoms with van der Waals surface area (Å²) in [6, 6.07) is 24.9. The molecule has 0 amide bonds. The highest BCUT2D eigenvalue weighted by molar-refractivity contribution is 5.87. The molecule has 1 aromatic carbocycles. The van der Waals surface area contributed by atoms with Crippen LogP contribution in [0.4, 0.5) is 0 Å². The average Bonchev–Trinajstić information content (AvgIpc) is 3.47. The fourth-order valence-corrected chi connectivity index (χ4v) is 3.76.